The summed E-state index contributed by atoms with van der Waals surface area (Å²) < 4.78 is 1.98. The number of nitrogen functional groups attached to an aromatic ring is 1. The number of imidazole rings is 1. The molecule has 10 heteroatoms. The Bertz CT molecular complexity index is 586. The van der Waals surface area contributed by atoms with E-state index in [9.17, 15) is 10.1 Å². The highest BCUT2D eigenvalue weighted by atomic mass is 16.6. The van der Waals surface area contributed by atoms with Crippen LogP contribution in [0, 0.1) is 10.1 Å². The van der Waals surface area contributed by atoms with E-state index in [4.69, 9.17) is 5.84 Å². The van der Waals surface area contributed by atoms with Gasteiger partial charge in [-0.3, -0.25) is 15.5 Å². The van der Waals surface area contributed by atoms with E-state index in [2.05, 4.69) is 25.7 Å². The molecule has 0 aliphatic carbocycles. The van der Waals surface area contributed by atoms with Crippen molar-refractivity contribution in [3.05, 3.63) is 35.0 Å². The molecule has 2 aromatic rings. The predicted octanol–water partition coefficient (Wildman–Crippen LogP) is 0.759. The molecule has 0 atom stereocenters. The van der Waals surface area contributed by atoms with Crippen LogP contribution < -0.4 is 16.6 Å². The minimum absolute atomic E-state index is 0.126. The van der Waals surface area contributed by atoms with Crippen molar-refractivity contribution < 1.29 is 4.92 Å². The molecule has 0 unspecified atom stereocenters. The molecule has 2 heterocycles. The lowest BCUT2D eigenvalue weighted by Gasteiger charge is -2.07. The van der Waals surface area contributed by atoms with E-state index in [1.54, 1.807) is 12.5 Å². The van der Waals surface area contributed by atoms with Crippen LogP contribution in [-0.4, -0.2) is 31.0 Å². The first kappa shape index (κ1) is 14.7. The molecule has 0 radical (unpaired) electrons. The molecule has 112 valence electrons. The van der Waals surface area contributed by atoms with Crippen LogP contribution in [0.1, 0.15) is 12.8 Å². The molecule has 0 aliphatic heterocycles. The number of hydrogen-bond acceptors (Lipinski definition) is 8. The van der Waals surface area contributed by atoms with Crippen molar-refractivity contribution in [3.8, 4) is 0 Å². The van der Waals surface area contributed by atoms with Crippen LogP contribution in [0.15, 0.2) is 24.9 Å². The number of hydrazine groups is 1. The van der Waals surface area contributed by atoms with Gasteiger partial charge in [0.25, 0.3) is 0 Å². The fourth-order valence-corrected chi connectivity index (χ4v) is 1.75. The van der Waals surface area contributed by atoms with Crippen molar-refractivity contribution in [1.29, 1.82) is 0 Å². The summed E-state index contributed by atoms with van der Waals surface area (Å²) in [5, 5.41) is 13.8. The first-order valence-corrected chi connectivity index (χ1v) is 6.38. The molecule has 0 amide bonds. The zero-order chi connectivity index (χ0) is 15.1. The number of nitro groups is 1. The normalized spacial score (nSPS) is 10.3. The third kappa shape index (κ3) is 4.11. The Kier molecular flexibility index (Phi) is 4.99. The Hall–Kier alpha value is -2.75. The first-order valence-electron chi connectivity index (χ1n) is 6.38. The largest absolute Gasteiger partial charge is 0.364 e. The van der Waals surface area contributed by atoms with E-state index in [1.165, 1.54) is 0 Å². The van der Waals surface area contributed by atoms with Crippen LogP contribution in [0.3, 0.4) is 0 Å². The molecule has 0 fully saturated rings. The number of nitrogens with two attached hydrogens (primary N) is 1. The number of unbranched alkanes of at least 4 members (excludes halogenated alkanes) is 1. The summed E-state index contributed by atoms with van der Waals surface area (Å²) in [5.41, 5.74) is 2.08. The highest BCUT2D eigenvalue weighted by molar-refractivity contribution is 5.56. The number of nitrogens with zero attached hydrogens (tertiary/aromatic N) is 5. The van der Waals surface area contributed by atoms with E-state index >= 15 is 0 Å². The van der Waals surface area contributed by atoms with Crippen LogP contribution in [-0.2, 0) is 6.54 Å². The Labute approximate surface area is 120 Å². The molecule has 0 bridgehead atoms. The number of aromatic nitrogens is 4. The number of rotatable bonds is 8. The van der Waals surface area contributed by atoms with Crippen molar-refractivity contribution in [3.63, 3.8) is 0 Å². The highest BCUT2D eigenvalue weighted by Crippen LogP contribution is 2.21. The van der Waals surface area contributed by atoms with Gasteiger partial charge in [0, 0.05) is 25.5 Å². The molecule has 0 saturated heterocycles. The number of aryl methyl sites for hydroxylation is 1. The number of nitrogens with one attached hydrogen (secondary N) is 2. The molecule has 21 heavy (non-hydrogen) atoms. The summed E-state index contributed by atoms with van der Waals surface area (Å²) in [6.45, 7) is 1.42. The fourth-order valence-electron chi connectivity index (χ4n) is 1.75. The van der Waals surface area contributed by atoms with Crippen LogP contribution in [0.4, 0.5) is 17.5 Å². The van der Waals surface area contributed by atoms with Gasteiger partial charge in [0.05, 0.1) is 11.3 Å². The van der Waals surface area contributed by atoms with Gasteiger partial charge in [-0.25, -0.2) is 15.8 Å². The maximum Gasteiger partial charge on any atom is 0.329 e. The second kappa shape index (κ2) is 7.14. The SMILES string of the molecule is NNc1ncc([N+](=O)[O-])c(NCCCCn2ccnc2)n1. The van der Waals surface area contributed by atoms with Gasteiger partial charge >= 0.3 is 5.69 Å². The Balaban J connectivity index is 1.85. The Morgan fingerprint density at radius 2 is 2.29 bits per heavy atom. The maximum absolute atomic E-state index is 10.9. The minimum Gasteiger partial charge on any atom is -0.364 e. The van der Waals surface area contributed by atoms with E-state index in [0.29, 0.717) is 6.54 Å². The van der Waals surface area contributed by atoms with Gasteiger partial charge < -0.3 is 9.88 Å². The first-order chi connectivity index (χ1) is 10.2. The lowest BCUT2D eigenvalue weighted by Crippen LogP contribution is -2.13. The minimum atomic E-state index is -0.534. The van der Waals surface area contributed by atoms with E-state index < -0.39 is 4.92 Å². The summed E-state index contributed by atoms with van der Waals surface area (Å²) in [5.74, 6) is 5.48. The molecule has 0 spiro atoms. The summed E-state index contributed by atoms with van der Waals surface area (Å²) in [6, 6.07) is 0. The van der Waals surface area contributed by atoms with Crippen molar-refractivity contribution in [2.75, 3.05) is 17.3 Å². The smallest absolute Gasteiger partial charge is 0.329 e. The van der Waals surface area contributed by atoms with Crippen molar-refractivity contribution in [2.45, 2.75) is 19.4 Å². The average molecular weight is 292 g/mol. The van der Waals surface area contributed by atoms with Crippen LogP contribution in [0.5, 0.6) is 0 Å². The predicted molar refractivity (Wildman–Crippen MR) is 76.4 cm³/mol. The summed E-state index contributed by atoms with van der Waals surface area (Å²) in [4.78, 5) is 22.0. The van der Waals surface area contributed by atoms with Gasteiger partial charge in [0.2, 0.25) is 11.8 Å². The van der Waals surface area contributed by atoms with E-state index in [0.717, 1.165) is 25.6 Å². The van der Waals surface area contributed by atoms with Crippen LogP contribution in [0.25, 0.3) is 0 Å². The third-order valence-electron chi connectivity index (χ3n) is 2.79. The van der Waals surface area contributed by atoms with Gasteiger partial charge in [-0.2, -0.15) is 4.98 Å². The number of hydrogen-bond donors (Lipinski definition) is 3. The molecule has 4 N–H and O–H groups in total. The number of anilines is 2. The highest BCUT2D eigenvalue weighted by Gasteiger charge is 2.16. The van der Waals surface area contributed by atoms with E-state index in [1.807, 2.05) is 10.8 Å². The zero-order valence-corrected chi connectivity index (χ0v) is 11.3. The quantitative estimate of drug-likeness (QED) is 0.280. The molecule has 0 aliphatic rings. The second-order valence-corrected chi connectivity index (χ2v) is 4.26. The van der Waals surface area contributed by atoms with Crippen molar-refractivity contribution in [2.24, 2.45) is 5.84 Å². The molecule has 0 saturated carbocycles. The lowest BCUT2D eigenvalue weighted by molar-refractivity contribution is -0.384. The van der Waals surface area contributed by atoms with Gasteiger partial charge in [-0.1, -0.05) is 0 Å². The average Bonchev–Trinajstić information content (AvgIpc) is 2.99. The van der Waals surface area contributed by atoms with Gasteiger partial charge in [-0.05, 0) is 12.8 Å². The molecule has 10 nitrogen and oxygen atoms in total. The van der Waals surface area contributed by atoms with Crippen molar-refractivity contribution >= 4 is 17.5 Å². The topological polar surface area (TPSA) is 137 Å². The monoisotopic (exact) mass is 292 g/mol. The zero-order valence-electron chi connectivity index (χ0n) is 11.3. The molecular formula is C11H16N8O2. The molecular weight excluding hydrogens is 276 g/mol. The van der Waals surface area contributed by atoms with Gasteiger partial charge in [0.15, 0.2) is 0 Å². The fraction of sp³-hybridized carbons (Fsp3) is 0.364. The molecule has 0 aromatic carbocycles. The summed E-state index contributed by atoms with van der Waals surface area (Å²) in [7, 11) is 0. The van der Waals surface area contributed by atoms with Crippen LogP contribution in [0.2, 0.25) is 0 Å². The Morgan fingerprint density at radius 3 is 2.95 bits per heavy atom. The standard InChI is InChI=1S/C11H16N8O2/c12-17-11-15-7-9(19(20)21)10(16-11)14-3-1-2-5-18-6-4-13-8-18/h4,6-8H,1-3,5,12H2,(H2,14,15,16,17). The van der Waals surface area contributed by atoms with Crippen LogP contribution >= 0.6 is 0 Å². The summed E-state index contributed by atoms with van der Waals surface area (Å²) >= 11 is 0. The maximum atomic E-state index is 10.9. The molecule has 2 rings (SSSR count). The third-order valence-corrected chi connectivity index (χ3v) is 2.79. The Morgan fingerprint density at radius 1 is 1.43 bits per heavy atom. The van der Waals surface area contributed by atoms with Crippen molar-refractivity contribution in [1.82, 2.24) is 19.5 Å². The second-order valence-electron chi connectivity index (χ2n) is 4.26. The molecule has 2 aromatic heterocycles. The van der Waals surface area contributed by atoms with E-state index in [-0.39, 0.29) is 17.5 Å². The summed E-state index contributed by atoms with van der Waals surface area (Å²) in [6.07, 6.45) is 8.25. The lowest BCUT2D eigenvalue weighted by atomic mass is 10.3. The van der Waals surface area contributed by atoms with Gasteiger partial charge in [0.1, 0.15) is 6.20 Å². The van der Waals surface area contributed by atoms with Gasteiger partial charge in [-0.15, -0.1) is 0 Å².